The highest BCUT2D eigenvalue weighted by molar-refractivity contribution is 7.42. The van der Waals surface area contributed by atoms with Gasteiger partial charge >= 0.3 is 8.60 Å². The van der Waals surface area contributed by atoms with Gasteiger partial charge in [0, 0.05) is 5.41 Å². The van der Waals surface area contributed by atoms with Crippen molar-refractivity contribution in [3.63, 3.8) is 0 Å². The van der Waals surface area contributed by atoms with Gasteiger partial charge in [-0.05, 0) is 25.5 Å². The minimum absolute atomic E-state index is 0.0878. The highest BCUT2D eigenvalue weighted by Crippen LogP contribution is 2.47. The molecule has 1 saturated heterocycles. The molecule has 0 atom stereocenters. The standard InChI is InChI=1S/C13H19O3P/c1-10-5-6-12(11(2)7-10)16-17-14-8-13(3,4)9-15-17/h5-7H,8-9H2,1-4H3. The number of aryl methyl sites for hydroxylation is 2. The van der Waals surface area contributed by atoms with Crippen molar-refractivity contribution in [2.75, 3.05) is 13.2 Å². The second-order valence-electron chi connectivity index (χ2n) is 5.29. The Kier molecular flexibility index (Phi) is 3.72. The van der Waals surface area contributed by atoms with E-state index >= 15 is 0 Å². The predicted octanol–water partition coefficient (Wildman–Crippen LogP) is 3.98. The molecule has 4 heteroatoms. The molecule has 0 bridgehead atoms. The summed E-state index contributed by atoms with van der Waals surface area (Å²) in [6.45, 7) is 9.71. The summed E-state index contributed by atoms with van der Waals surface area (Å²) < 4.78 is 17.0. The fourth-order valence-electron chi connectivity index (χ4n) is 1.57. The van der Waals surface area contributed by atoms with Crippen LogP contribution in [0.2, 0.25) is 0 Å². The molecule has 1 heterocycles. The fourth-order valence-corrected chi connectivity index (χ4v) is 3.02. The van der Waals surface area contributed by atoms with Crippen molar-refractivity contribution < 1.29 is 13.6 Å². The van der Waals surface area contributed by atoms with E-state index < -0.39 is 8.60 Å². The van der Waals surface area contributed by atoms with Gasteiger partial charge in [0.15, 0.2) is 0 Å². The number of hydrogen-bond acceptors (Lipinski definition) is 3. The van der Waals surface area contributed by atoms with Crippen LogP contribution >= 0.6 is 8.60 Å². The zero-order valence-electron chi connectivity index (χ0n) is 10.8. The third-order valence-corrected chi connectivity index (χ3v) is 3.65. The van der Waals surface area contributed by atoms with E-state index in [1.54, 1.807) is 0 Å². The maximum Gasteiger partial charge on any atom is 0.397 e. The molecule has 0 amide bonds. The largest absolute Gasteiger partial charge is 0.426 e. The van der Waals surface area contributed by atoms with Crippen LogP contribution in [0.25, 0.3) is 0 Å². The SMILES string of the molecule is Cc1ccc(OP2OCC(C)(C)CO2)c(C)c1. The van der Waals surface area contributed by atoms with E-state index in [4.69, 9.17) is 13.6 Å². The molecule has 0 aliphatic carbocycles. The van der Waals surface area contributed by atoms with Crippen molar-refractivity contribution in [2.24, 2.45) is 5.41 Å². The van der Waals surface area contributed by atoms with E-state index in [1.165, 1.54) is 5.56 Å². The third kappa shape index (κ3) is 3.41. The van der Waals surface area contributed by atoms with Gasteiger partial charge in [0.2, 0.25) is 0 Å². The molecule has 1 aliphatic heterocycles. The number of rotatable bonds is 2. The van der Waals surface area contributed by atoms with Gasteiger partial charge in [0.1, 0.15) is 5.75 Å². The van der Waals surface area contributed by atoms with E-state index in [0.717, 1.165) is 11.3 Å². The van der Waals surface area contributed by atoms with Crippen LogP contribution in [-0.4, -0.2) is 13.2 Å². The molecule has 3 nitrogen and oxygen atoms in total. The second-order valence-corrected chi connectivity index (χ2v) is 6.44. The second kappa shape index (κ2) is 4.93. The minimum Gasteiger partial charge on any atom is -0.426 e. The molecule has 0 saturated carbocycles. The molecular weight excluding hydrogens is 235 g/mol. The van der Waals surface area contributed by atoms with E-state index in [9.17, 15) is 0 Å². The Hall–Kier alpha value is -0.630. The minimum atomic E-state index is -1.23. The zero-order chi connectivity index (χ0) is 12.5. The molecule has 1 aromatic carbocycles. The van der Waals surface area contributed by atoms with Gasteiger partial charge in [-0.15, -0.1) is 0 Å². The van der Waals surface area contributed by atoms with Gasteiger partial charge in [0.05, 0.1) is 13.2 Å². The Morgan fingerprint density at radius 1 is 1.18 bits per heavy atom. The van der Waals surface area contributed by atoms with Gasteiger partial charge < -0.3 is 13.6 Å². The molecule has 2 rings (SSSR count). The summed E-state index contributed by atoms with van der Waals surface area (Å²) in [4.78, 5) is 0. The molecule has 0 unspecified atom stereocenters. The maximum absolute atomic E-state index is 5.75. The average molecular weight is 254 g/mol. The Morgan fingerprint density at radius 3 is 2.41 bits per heavy atom. The van der Waals surface area contributed by atoms with Crippen molar-refractivity contribution in [3.8, 4) is 5.75 Å². The molecule has 94 valence electrons. The molecule has 1 aliphatic rings. The molecule has 1 aromatic rings. The zero-order valence-corrected chi connectivity index (χ0v) is 11.7. The van der Waals surface area contributed by atoms with Crippen molar-refractivity contribution in [1.82, 2.24) is 0 Å². The lowest BCUT2D eigenvalue weighted by Crippen LogP contribution is -2.29. The molecular formula is C13H19O3P. The molecule has 0 aromatic heterocycles. The summed E-state index contributed by atoms with van der Waals surface area (Å²) in [7, 11) is -1.23. The smallest absolute Gasteiger partial charge is 0.397 e. The van der Waals surface area contributed by atoms with Crippen LogP contribution in [0.5, 0.6) is 5.75 Å². The number of benzene rings is 1. The first-order valence-corrected chi connectivity index (χ1v) is 6.87. The van der Waals surface area contributed by atoms with Crippen LogP contribution in [0.1, 0.15) is 25.0 Å². The lowest BCUT2D eigenvalue weighted by atomic mass is 9.97. The van der Waals surface area contributed by atoms with E-state index in [0.29, 0.717) is 13.2 Å². The van der Waals surface area contributed by atoms with Gasteiger partial charge in [0.25, 0.3) is 0 Å². The summed E-state index contributed by atoms with van der Waals surface area (Å²) in [5.74, 6) is 0.849. The Morgan fingerprint density at radius 2 is 1.82 bits per heavy atom. The van der Waals surface area contributed by atoms with E-state index in [1.807, 2.05) is 19.1 Å². The first-order chi connectivity index (χ1) is 7.96. The van der Waals surface area contributed by atoms with Crippen molar-refractivity contribution >= 4 is 8.60 Å². The van der Waals surface area contributed by atoms with Crippen molar-refractivity contribution in [2.45, 2.75) is 27.7 Å². The van der Waals surface area contributed by atoms with Gasteiger partial charge in [-0.1, -0.05) is 31.5 Å². The Bertz CT molecular complexity index is 394. The molecule has 0 N–H and O–H groups in total. The molecule has 0 radical (unpaired) electrons. The van der Waals surface area contributed by atoms with Crippen molar-refractivity contribution in [1.29, 1.82) is 0 Å². The summed E-state index contributed by atoms with van der Waals surface area (Å²) in [5, 5.41) is 0. The Balaban J connectivity index is 1.98. The third-order valence-electron chi connectivity index (χ3n) is 2.62. The van der Waals surface area contributed by atoms with Crippen LogP contribution in [-0.2, 0) is 9.05 Å². The number of hydrogen-bond donors (Lipinski definition) is 0. The fraction of sp³-hybridized carbons (Fsp3) is 0.538. The van der Waals surface area contributed by atoms with Crippen molar-refractivity contribution in [3.05, 3.63) is 29.3 Å². The quantitative estimate of drug-likeness (QED) is 0.747. The summed E-state index contributed by atoms with van der Waals surface area (Å²) in [6, 6.07) is 6.10. The van der Waals surface area contributed by atoms with Gasteiger partial charge in [-0.2, -0.15) is 0 Å². The van der Waals surface area contributed by atoms with Crippen LogP contribution < -0.4 is 4.52 Å². The van der Waals surface area contributed by atoms with E-state index in [2.05, 4.69) is 26.8 Å². The van der Waals surface area contributed by atoms with Gasteiger partial charge in [-0.3, -0.25) is 0 Å². The molecule has 1 fully saturated rings. The topological polar surface area (TPSA) is 27.7 Å². The maximum atomic E-state index is 5.75. The lowest BCUT2D eigenvalue weighted by molar-refractivity contribution is 0.0426. The van der Waals surface area contributed by atoms with Gasteiger partial charge in [-0.25, -0.2) is 0 Å². The summed E-state index contributed by atoms with van der Waals surface area (Å²) >= 11 is 0. The molecule has 0 spiro atoms. The summed E-state index contributed by atoms with van der Waals surface area (Å²) in [5.41, 5.74) is 2.43. The molecule has 17 heavy (non-hydrogen) atoms. The monoisotopic (exact) mass is 254 g/mol. The Labute approximate surface area is 104 Å². The normalized spacial score (nSPS) is 20.2. The first-order valence-electron chi connectivity index (χ1n) is 5.77. The highest BCUT2D eigenvalue weighted by Gasteiger charge is 2.31. The first kappa shape index (κ1) is 12.8. The van der Waals surface area contributed by atoms with E-state index in [-0.39, 0.29) is 5.41 Å². The van der Waals surface area contributed by atoms with Crippen LogP contribution in [0, 0.1) is 19.3 Å². The van der Waals surface area contributed by atoms with Crippen LogP contribution in [0.3, 0.4) is 0 Å². The predicted molar refractivity (Wildman–Crippen MR) is 69.1 cm³/mol. The van der Waals surface area contributed by atoms with Crippen LogP contribution in [0.4, 0.5) is 0 Å². The van der Waals surface area contributed by atoms with Crippen LogP contribution in [0.15, 0.2) is 18.2 Å². The average Bonchev–Trinajstić information content (AvgIpc) is 2.25. The summed E-state index contributed by atoms with van der Waals surface area (Å²) in [6.07, 6.45) is 0. The highest BCUT2D eigenvalue weighted by atomic mass is 31.2. The lowest BCUT2D eigenvalue weighted by Gasteiger charge is -2.32.